The molecule has 0 aromatic heterocycles. The fourth-order valence-electron chi connectivity index (χ4n) is 1.62. The van der Waals surface area contributed by atoms with Crippen molar-refractivity contribution >= 4 is 40.2 Å². The second kappa shape index (κ2) is 5.68. The number of anilines is 2. The maximum absolute atomic E-state index is 13.8. The number of benzene rings is 2. The van der Waals surface area contributed by atoms with Gasteiger partial charge in [-0.25, -0.2) is 13.2 Å². The zero-order valence-electron chi connectivity index (χ0n) is 9.88. The van der Waals surface area contributed by atoms with Crippen LogP contribution in [0.3, 0.4) is 0 Å². The van der Waals surface area contributed by atoms with Crippen molar-refractivity contribution < 1.29 is 13.2 Å². The predicted octanol–water partition coefficient (Wildman–Crippen LogP) is 4.14. The molecule has 7 heteroatoms. The fourth-order valence-corrected chi connectivity index (χ4v) is 2.00. The highest BCUT2D eigenvalue weighted by molar-refractivity contribution is 7.80. The molecule has 0 saturated heterocycles. The Balaban J connectivity index is 2.39. The molecule has 20 heavy (non-hydrogen) atoms. The molecule has 2 rings (SSSR count). The van der Waals surface area contributed by atoms with Crippen molar-refractivity contribution in [1.82, 2.24) is 0 Å². The van der Waals surface area contributed by atoms with Crippen LogP contribution in [0.15, 0.2) is 30.3 Å². The van der Waals surface area contributed by atoms with Crippen LogP contribution in [0.4, 0.5) is 24.5 Å². The van der Waals surface area contributed by atoms with Gasteiger partial charge >= 0.3 is 0 Å². The van der Waals surface area contributed by atoms with Crippen molar-refractivity contribution in [3.63, 3.8) is 0 Å². The van der Waals surface area contributed by atoms with Crippen molar-refractivity contribution in [2.24, 2.45) is 5.73 Å². The molecule has 0 fully saturated rings. The molecule has 0 saturated carbocycles. The largest absolute Gasteiger partial charge is 0.389 e. The average Bonchev–Trinajstić information content (AvgIpc) is 2.33. The first-order valence-electron chi connectivity index (χ1n) is 5.39. The number of nitrogens with one attached hydrogen (secondary N) is 1. The molecular weight excluding hydrogens is 309 g/mol. The fraction of sp³-hybridized carbons (Fsp3) is 0. The third-order valence-corrected chi connectivity index (χ3v) is 2.93. The summed E-state index contributed by atoms with van der Waals surface area (Å²) >= 11 is 10.3. The summed E-state index contributed by atoms with van der Waals surface area (Å²) < 4.78 is 40.7. The predicted molar refractivity (Wildman–Crippen MR) is 76.9 cm³/mol. The number of nitrogens with two attached hydrogens (primary N) is 1. The summed E-state index contributed by atoms with van der Waals surface area (Å²) in [6.45, 7) is 0. The van der Waals surface area contributed by atoms with Crippen LogP contribution in [0.5, 0.6) is 0 Å². The van der Waals surface area contributed by atoms with Crippen LogP contribution in [-0.2, 0) is 0 Å². The Kier molecular flexibility index (Phi) is 4.15. The van der Waals surface area contributed by atoms with E-state index in [1.165, 1.54) is 18.2 Å². The van der Waals surface area contributed by atoms with Gasteiger partial charge in [-0.2, -0.15) is 0 Å². The molecule has 0 radical (unpaired) electrons. The van der Waals surface area contributed by atoms with Gasteiger partial charge in [0.25, 0.3) is 0 Å². The Morgan fingerprint density at radius 3 is 2.40 bits per heavy atom. The van der Waals surface area contributed by atoms with Crippen molar-refractivity contribution in [3.8, 4) is 0 Å². The van der Waals surface area contributed by atoms with Crippen LogP contribution in [0.1, 0.15) is 5.56 Å². The second-order valence-corrected chi connectivity index (χ2v) is 4.81. The van der Waals surface area contributed by atoms with Crippen molar-refractivity contribution in [2.75, 3.05) is 5.32 Å². The lowest BCUT2D eigenvalue weighted by molar-refractivity contribution is 0.510. The molecule has 2 aromatic rings. The third kappa shape index (κ3) is 3.02. The molecule has 2 aromatic carbocycles. The van der Waals surface area contributed by atoms with E-state index in [9.17, 15) is 13.2 Å². The summed E-state index contributed by atoms with van der Waals surface area (Å²) in [6, 6.07) is 6.07. The van der Waals surface area contributed by atoms with Gasteiger partial charge in [0, 0.05) is 16.3 Å². The molecule has 0 aliphatic rings. The number of hydrogen-bond acceptors (Lipinski definition) is 2. The Labute approximate surface area is 123 Å². The maximum atomic E-state index is 13.8. The lowest BCUT2D eigenvalue weighted by Crippen LogP contribution is -2.13. The molecule has 3 N–H and O–H groups in total. The van der Waals surface area contributed by atoms with Crippen LogP contribution in [0.2, 0.25) is 5.02 Å². The Bertz CT molecular complexity index is 671. The normalized spacial score (nSPS) is 10.4. The van der Waals surface area contributed by atoms with Crippen LogP contribution < -0.4 is 11.1 Å². The third-order valence-electron chi connectivity index (χ3n) is 2.49. The summed E-state index contributed by atoms with van der Waals surface area (Å²) in [7, 11) is 0. The first-order valence-corrected chi connectivity index (χ1v) is 6.18. The zero-order valence-corrected chi connectivity index (χ0v) is 11.5. The van der Waals surface area contributed by atoms with E-state index in [-0.39, 0.29) is 26.9 Å². The van der Waals surface area contributed by atoms with Gasteiger partial charge in [0.2, 0.25) is 0 Å². The summed E-state index contributed by atoms with van der Waals surface area (Å²) in [5.41, 5.74) is 5.08. The van der Waals surface area contributed by atoms with E-state index in [0.717, 1.165) is 12.1 Å². The Morgan fingerprint density at radius 1 is 1.10 bits per heavy atom. The molecular formula is C13H8ClF3N2S. The SMILES string of the molecule is NC(=S)c1ccc(Nc2cc(F)cc(Cl)c2)c(F)c1F. The van der Waals surface area contributed by atoms with Crippen molar-refractivity contribution in [1.29, 1.82) is 0 Å². The standard InChI is InChI=1S/C13H8ClF3N2S/c14-6-3-7(15)5-8(4-6)19-10-2-1-9(13(18)20)11(16)12(10)17/h1-5,19H,(H2,18,20). The van der Waals surface area contributed by atoms with E-state index < -0.39 is 17.5 Å². The van der Waals surface area contributed by atoms with Gasteiger partial charge in [0.15, 0.2) is 11.6 Å². The topological polar surface area (TPSA) is 38.0 Å². The smallest absolute Gasteiger partial charge is 0.182 e. The van der Waals surface area contributed by atoms with Gasteiger partial charge in [0.1, 0.15) is 10.8 Å². The van der Waals surface area contributed by atoms with E-state index in [4.69, 9.17) is 17.3 Å². The van der Waals surface area contributed by atoms with Gasteiger partial charge in [-0.05, 0) is 30.3 Å². The molecule has 0 heterocycles. The summed E-state index contributed by atoms with van der Waals surface area (Å²) in [6.07, 6.45) is 0. The van der Waals surface area contributed by atoms with Gasteiger partial charge in [0.05, 0.1) is 5.69 Å². The molecule has 0 amide bonds. The average molecular weight is 317 g/mol. The zero-order chi connectivity index (χ0) is 14.9. The Morgan fingerprint density at radius 2 is 1.80 bits per heavy atom. The van der Waals surface area contributed by atoms with E-state index in [2.05, 4.69) is 17.5 Å². The minimum absolute atomic E-state index is 0.133. The molecule has 2 nitrogen and oxygen atoms in total. The lowest BCUT2D eigenvalue weighted by atomic mass is 10.1. The van der Waals surface area contributed by atoms with Gasteiger partial charge < -0.3 is 11.1 Å². The quantitative estimate of drug-likeness (QED) is 0.836. The number of hydrogen-bond donors (Lipinski definition) is 2. The summed E-state index contributed by atoms with van der Waals surface area (Å²) in [5, 5.41) is 2.67. The molecule has 0 atom stereocenters. The van der Waals surface area contributed by atoms with Gasteiger partial charge in [-0.1, -0.05) is 23.8 Å². The summed E-state index contributed by atoms with van der Waals surface area (Å²) in [4.78, 5) is -0.248. The first-order chi connectivity index (χ1) is 9.38. The van der Waals surface area contributed by atoms with Crippen LogP contribution in [0, 0.1) is 17.5 Å². The van der Waals surface area contributed by atoms with Crippen molar-refractivity contribution in [3.05, 3.63) is 58.4 Å². The van der Waals surface area contributed by atoms with E-state index >= 15 is 0 Å². The molecule has 0 aliphatic heterocycles. The molecule has 0 aliphatic carbocycles. The van der Waals surface area contributed by atoms with Gasteiger partial charge in [-0.3, -0.25) is 0 Å². The van der Waals surface area contributed by atoms with Crippen molar-refractivity contribution in [2.45, 2.75) is 0 Å². The Hall–Kier alpha value is -1.79. The molecule has 0 spiro atoms. The highest BCUT2D eigenvalue weighted by atomic mass is 35.5. The molecule has 0 bridgehead atoms. The van der Waals surface area contributed by atoms with E-state index in [1.807, 2.05) is 0 Å². The van der Waals surface area contributed by atoms with Crippen LogP contribution in [-0.4, -0.2) is 4.99 Å². The summed E-state index contributed by atoms with van der Waals surface area (Å²) in [5.74, 6) is -2.92. The van der Waals surface area contributed by atoms with Gasteiger partial charge in [-0.15, -0.1) is 0 Å². The van der Waals surface area contributed by atoms with E-state index in [1.54, 1.807) is 0 Å². The number of rotatable bonds is 3. The van der Waals surface area contributed by atoms with E-state index in [0.29, 0.717) is 0 Å². The second-order valence-electron chi connectivity index (χ2n) is 3.94. The minimum Gasteiger partial charge on any atom is -0.389 e. The van der Waals surface area contributed by atoms with Crippen LogP contribution in [0.25, 0.3) is 0 Å². The lowest BCUT2D eigenvalue weighted by Gasteiger charge is -2.10. The number of halogens is 4. The minimum atomic E-state index is -1.16. The molecule has 104 valence electrons. The first kappa shape index (κ1) is 14.6. The van der Waals surface area contributed by atoms with Crippen LogP contribution >= 0.6 is 23.8 Å². The highest BCUT2D eigenvalue weighted by Gasteiger charge is 2.15. The number of thiocarbonyl (C=S) groups is 1. The molecule has 0 unspecified atom stereocenters. The maximum Gasteiger partial charge on any atom is 0.182 e. The highest BCUT2D eigenvalue weighted by Crippen LogP contribution is 2.26. The monoisotopic (exact) mass is 316 g/mol.